The number of aliphatic hydroxyl groups is 2. The molecule has 9 heterocycles. The van der Waals surface area contributed by atoms with Gasteiger partial charge in [-0.05, 0) is 135 Å². The number of likely N-dealkylation sites (tertiary alicyclic amines) is 3. The van der Waals surface area contributed by atoms with Crippen LogP contribution in [0.15, 0.2) is 34.3 Å². The molecule has 0 radical (unpaired) electrons. The molecule has 43 heteroatoms. The highest BCUT2D eigenvalue weighted by atomic mass is 35.5. The van der Waals surface area contributed by atoms with Crippen LogP contribution in [-0.2, 0) is 28.4 Å². The number of aliphatic hydroxyl groups excluding tert-OH is 2. The lowest BCUT2D eigenvalue weighted by Gasteiger charge is -2.39. The third-order valence-corrected chi connectivity index (χ3v) is 21.1. The Labute approximate surface area is 706 Å². The predicted molar refractivity (Wildman–Crippen MR) is 430 cm³/mol. The maximum atomic E-state index is 14.1. The first-order chi connectivity index (χ1) is 55.9. The number of aldehydes is 1. The maximum absolute atomic E-state index is 14.1. The second-order valence-corrected chi connectivity index (χ2v) is 36.2. The number of hydrogen-bond acceptors (Lipinski definition) is 31. The normalized spacial score (nSPS) is 18.2. The van der Waals surface area contributed by atoms with E-state index in [-0.39, 0.29) is 143 Å². The van der Waals surface area contributed by atoms with Crippen LogP contribution in [0.1, 0.15) is 208 Å². The molecule has 2 atom stereocenters. The molecule has 2 unspecified atom stereocenters. The van der Waals surface area contributed by atoms with Crippen LogP contribution in [0.5, 0.6) is 17.6 Å². The summed E-state index contributed by atoms with van der Waals surface area (Å²) in [6, 6.07) is 3.22. The molecule has 5 amide bonds. The third kappa shape index (κ3) is 28.1. The van der Waals surface area contributed by atoms with Gasteiger partial charge in [-0.25, -0.2) is 85.0 Å². The van der Waals surface area contributed by atoms with E-state index in [1.165, 1.54) is 73.5 Å². The van der Waals surface area contributed by atoms with Crippen LogP contribution in [0.3, 0.4) is 0 Å². The topological polar surface area (TPSA) is 387 Å². The fraction of sp³-hybridized carbons (Fsp3) is 0.636. The van der Waals surface area contributed by atoms with E-state index in [9.17, 15) is 70.1 Å². The van der Waals surface area contributed by atoms with Crippen LogP contribution in [-0.4, -0.2) is 242 Å². The SMILES string of the molecule is CC(C)(C)OC(=O)N1CC(Oc2cc(N(C(=O)OC(C)(C)C)C3CCC(F)(F)CC3)nc(-c3nc(C=O)cs3)n2)C1.CC(O)c1csc(-c2nc(OC3CN(C(=O)OC(C)(C)C)C3)cc(N(C(=O)OC(C)(C)C)C3CCC(F)(F)CC3)n2)n1.COC(=O)Cl.COC(=O)N1CC(Oc2cc(NC3CCC(F)(F)CC3)nc(-c3nc(C(C)O)cs3)n2)C1. The Morgan fingerprint density at radius 2 is 0.808 bits per heavy atom. The van der Waals surface area contributed by atoms with Gasteiger partial charge >= 0.3 is 35.9 Å². The Kier molecular flexibility index (Phi) is 30.9. The van der Waals surface area contributed by atoms with E-state index >= 15 is 0 Å². The van der Waals surface area contributed by atoms with Gasteiger partial charge in [0, 0.05) is 103 Å². The van der Waals surface area contributed by atoms with Crippen molar-refractivity contribution in [1.82, 2.24) is 59.6 Å². The van der Waals surface area contributed by atoms with Crippen molar-refractivity contribution in [1.29, 1.82) is 0 Å². The van der Waals surface area contributed by atoms with Gasteiger partial charge in [0.15, 0.2) is 38.8 Å². The van der Waals surface area contributed by atoms with Crippen LogP contribution >= 0.6 is 45.6 Å². The first-order valence-corrected chi connectivity index (χ1v) is 41.7. The lowest BCUT2D eigenvalue weighted by molar-refractivity contribution is -0.0392. The Hall–Kier alpha value is -9.39. The lowest BCUT2D eigenvalue weighted by atomic mass is 9.91. The van der Waals surface area contributed by atoms with Crippen molar-refractivity contribution < 1.29 is 113 Å². The highest BCUT2D eigenvalue weighted by Crippen LogP contribution is 2.42. The Morgan fingerprint density at radius 3 is 1.12 bits per heavy atom. The fourth-order valence-electron chi connectivity index (χ4n) is 12.4. The zero-order valence-corrected chi connectivity index (χ0v) is 72.7. The molecule has 120 heavy (non-hydrogen) atoms. The van der Waals surface area contributed by atoms with Gasteiger partial charge in [0.05, 0.1) is 77.1 Å². The van der Waals surface area contributed by atoms with Gasteiger partial charge < -0.3 is 72.9 Å². The molecule has 0 bridgehead atoms. The monoisotopic (exact) mass is 1770 g/mol. The van der Waals surface area contributed by atoms with E-state index in [0.717, 1.165) is 11.3 Å². The highest BCUT2D eigenvalue weighted by molar-refractivity contribution is 7.13. The van der Waals surface area contributed by atoms with Gasteiger partial charge in [0.1, 0.15) is 63.9 Å². The van der Waals surface area contributed by atoms with E-state index in [4.69, 9.17) is 33.2 Å². The summed E-state index contributed by atoms with van der Waals surface area (Å²) < 4.78 is 132. The lowest BCUT2D eigenvalue weighted by Crippen LogP contribution is -2.57. The molecule has 6 aromatic heterocycles. The summed E-state index contributed by atoms with van der Waals surface area (Å²) in [5.41, 5.74) is -2.62. The molecule has 3 saturated heterocycles. The van der Waals surface area contributed by atoms with Gasteiger partial charge in [-0.1, -0.05) is 0 Å². The Bertz CT molecular complexity index is 4510. The number of anilines is 3. The second kappa shape index (κ2) is 39.2. The molecular formula is C77H102ClF6N15O18S3. The standard InChI is InChI=1S/C28H39F2N5O6S.C27H35F2N5O6S.C20H25F2N5O4S.C2H3ClO2/c1-16(36)19-15-42-23(31-19)22-32-20(12-21(33-22)39-18-13-34(14-18)24(37)40-26(2,3)4)35(25(38)41-27(5,6)7)17-8-10-28(29,30)11-9-17;1-25(2,3)39-23(36)33-12-18(13-33)38-20-11-19(31-21(32-20)22-30-16(14-35)15-41-22)34(24(37)40-26(4,5)6)17-7-9-27(28,29)10-8-17;1-11(28)14-10-32-18(24-14)17-25-15(23-12-3-5-20(21,22)6-4-12)7-16(26-17)31-13-8-27(9-13)19(29)30-2;1-5-2(3)4/h12,15-18,36H,8-11,13-14H2,1-7H3;11,14-15,17-18H,7-10,12-13H2,1-6H3;7,10-13,28H,3-6,8-9H2,1-2H3,(H,23,25,26);1H3. The van der Waals surface area contributed by atoms with E-state index in [2.05, 4.69) is 71.2 Å². The average molecular weight is 1770 g/mol. The molecule has 33 nitrogen and oxygen atoms in total. The molecule has 660 valence electrons. The zero-order chi connectivity index (χ0) is 88.4. The molecule has 3 saturated carbocycles. The van der Waals surface area contributed by atoms with Crippen molar-refractivity contribution in [3.63, 3.8) is 0 Å². The van der Waals surface area contributed by atoms with Crippen LogP contribution < -0.4 is 29.3 Å². The van der Waals surface area contributed by atoms with Crippen molar-refractivity contribution in [3.8, 4) is 50.1 Å². The van der Waals surface area contributed by atoms with Crippen molar-refractivity contribution in [2.24, 2.45) is 0 Å². The van der Waals surface area contributed by atoms with E-state index < -0.39 is 113 Å². The van der Waals surface area contributed by atoms with Gasteiger partial charge in [-0.2, -0.15) is 15.0 Å². The third-order valence-electron chi connectivity index (χ3n) is 18.3. The van der Waals surface area contributed by atoms with Gasteiger partial charge in [0.25, 0.3) is 0 Å². The molecular weight excluding hydrogens is 1670 g/mol. The summed E-state index contributed by atoms with van der Waals surface area (Å²) in [5.74, 6) is -6.50. The zero-order valence-electron chi connectivity index (χ0n) is 69.4. The minimum absolute atomic E-state index is 0.0434. The van der Waals surface area contributed by atoms with E-state index in [1.54, 1.807) is 119 Å². The average Bonchev–Trinajstić information content (AvgIpc) is 1.11. The molecule has 6 fully saturated rings. The summed E-state index contributed by atoms with van der Waals surface area (Å²) in [7, 11) is 2.54. The molecule has 3 N–H and O–H groups in total. The number of thiazole rings is 3. The first kappa shape index (κ1) is 94.5. The minimum atomic E-state index is -2.81. The number of carbonyl (C=O) groups is 7. The van der Waals surface area contributed by atoms with E-state index in [1.807, 2.05) is 0 Å². The van der Waals surface area contributed by atoms with Crippen LogP contribution in [0.25, 0.3) is 32.5 Å². The number of ether oxygens (including phenoxy) is 9. The number of amides is 5. The smallest absolute Gasteiger partial charge is 0.416 e. The number of rotatable bonds is 18. The number of nitrogens with zero attached hydrogens (tertiary/aromatic N) is 14. The summed E-state index contributed by atoms with van der Waals surface area (Å²) in [5, 5.41) is 29.1. The number of carbonyl (C=O) groups excluding carboxylic acids is 7. The number of hydrogen-bond donors (Lipinski definition) is 3. The molecule has 6 aromatic rings. The van der Waals surface area contributed by atoms with Crippen LogP contribution in [0, 0.1) is 0 Å². The molecule has 3 aliphatic heterocycles. The van der Waals surface area contributed by atoms with Crippen LogP contribution in [0.4, 0.5) is 72.6 Å². The molecule has 6 aliphatic rings. The summed E-state index contributed by atoms with van der Waals surface area (Å²) >= 11 is 8.23. The highest BCUT2D eigenvalue weighted by Gasteiger charge is 2.45. The van der Waals surface area contributed by atoms with Crippen LogP contribution in [0.2, 0.25) is 0 Å². The number of halogens is 7. The Balaban J connectivity index is 0.000000200. The van der Waals surface area contributed by atoms with E-state index in [0.29, 0.717) is 76.2 Å². The van der Waals surface area contributed by atoms with Gasteiger partial charge in [-0.15, -0.1) is 34.0 Å². The van der Waals surface area contributed by atoms with Crippen molar-refractivity contribution in [3.05, 3.63) is 51.4 Å². The largest absolute Gasteiger partial charge is 0.470 e. The number of alkyl halides is 6. The Morgan fingerprint density at radius 1 is 0.483 bits per heavy atom. The second-order valence-electron chi connectivity index (χ2n) is 33.3. The van der Waals surface area contributed by atoms with Gasteiger partial charge in [0.2, 0.25) is 35.4 Å². The quantitative estimate of drug-likeness (QED) is 0.0311. The number of aromatic nitrogens is 9. The summed E-state index contributed by atoms with van der Waals surface area (Å²) in [4.78, 5) is 131. The molecule has 12 rings (SSSR count). The van der Waals surface area contributed by atoms with Crippen molar-refractivity contribution in [2.45, 2.75) is 263 Å². The summed E-state index contributed by atoms with van der Waals surface area (Å²) in [6.07, 6.45) is -5.77. The predicted octanol–water partition coefficient (Wildman–Crippen LogP) is 16.2. The van der Waals surface area contributed by atoms with Crippen molar-refractivity contribution >= 4 is 105 Å². The first-order valence-electron chi connectivity index (χ1n) is 38.7. The fourth-order valence-corrected chi connectivity index (χ4v) is 14.7. The molecule has 0 aromatic carbocycles. The van der Waals surface area contributed by atoms with Gasteiger partial charge in [-0.3, -0.25) is 14.6 Å². The van der Waals surface area contributed by atoms with Crippen molar-refractivity contribution in [2.75, 3.05) is 68.6 Å². The molecule has 3 aliphatic carbocycles. The minimum Gasteiger partial charge on any atom is -0.470 e. The number of nitrogens with one attached hydrogen (secondary N) is 1. The maximum Gasteiger partial charge on any atom is 0.416 e. The summed E-state index contributed by atoms with van der Waals surface area (Å²) in [6.45, 7) is 26.0. The number of methoxy groups -OCH3 is 2. The molecule has 0 spiro atoms.